The van der Waals surface area contributed by atoms with Gasteiger partial charge in [-0.1, -0.05) is 25.8 Å². The molecule has 1 heterocycles. The van der Waals surface area contributed by atoms with Crippen LogP contribution < -0.4 is 0 Å². The summed E-state index contributed by atoms with van der Waals surface area (Å²) in [5.41, 5.74) is 0.664. The average Bonchev–Trinajstić information content (AvgIpc) is 2.34. The number of carbonyl (C=O) groups excluding carboxylic acids is 1. The lowest BCUT2D eigenvalue weighted by atomic mass is 10.0. The van der Waals surface area contributed by atoms with Gasteiger partial charge in [0.15, 0.2) is 0 Å². The Bertz CT molecular complexity index is 388. The van der Waals surface area contributed by atoms with Crippen molar-refractivity contribution >= 4 is 5.91 Å². The summed E-state index contributed by atoms with van der Waals surface area (Å²) in [5.74, 6) is 2.83. The van der Waals surface area contributed by atoms with Crippen LogP contribution in [0.1, 0.15) is 34.6 Å². The third-order valence-electron chi connectivity index (χ3n) is 3.40. The molecule has 3 nitrogen and oxygen atoms in total. The molecule has 0 aromatic rings. The third kappa shape index (κ3) is 4.40. The number of rotatable bonds is 2. The lowest BCUT2D eigenvalue weighted by Crippen LogP contribution is -2.54. The van der Waals surface area contributed by atoms with Crippen molar-refractivity contribution in [2.24, 2.45) is 5.92 Å². The van der Waals surface area contributed by atoms with Crippen molar-refractivity contribution in [3.8, 4) is 12.3 Å². The number of nitrogens with zero attached hydrogens (tertiary/aromatic N) is 2. The zero-order valence-electron chi connectivity index (χ0n) is 12.9. The summed E-state index contributed by atoms with van der Waals surface area (Å²) in [4.78, 5) is 16.6. The van der Waals surface area contributed by atoms with Crippen molar-refractivity contribution in [1.82, 2.24) is 9.80 Å². The largest absolute Gasteiger partial charge is 0.336 e. The van der Waals surface area contributed by atoms with Gasteiger partial charge in [0.2, 0.25) is 0 Å². The van der Waals surface area contributed by atoms with E-state index in [-0.39, 0.29) is 11.4 Å². The minimum Gasteiger partial charge on any atom is -0.336 e. The van der Waals surface area contributed by atoms with E-state index in [1.54, 1.807) is 0 Å². The maximum Gasteiger partial charge on any atom is 0.262 e. The van der Waals surface area contributed by atoms with Crippen LogP contribution in [0.5, 0.6) is 0 Å². The van der Waals surface area contributed by atoms with Gasteiger partial charge in [-0.2, -0.15) is 0 Å². The molecule has 0 aliphatic carbocycles. The molecule has 1 amide bonds. The van der Waals surface area contributed by atoms with E-state index in [1.165, 1.54) is 0 Å². The summed E-state index contributed by atoms with van der Waals surface area (Å²) >= 11 is 0. The van der Waals surface area contributed by atoms with Crippen LogP contribution in [0.15, 0.2) is 11.6 Å². The van der Waals surface area contributed by atoms with Gasteiger partial charge in [0.05, 0.1) is 5.57 Å². The molecule has 106 valence electrons. The molecule has 0 aromatic carbocycles. The standard InChI is InChI=1S/C16H26N2O/c1-7-14(12-13(2)3)15(19)17-8-10-18(11-9-17)16(4,5)6/h1,12-13H,8-11H2,2-6H3. The van der Waals surface area contributed by atoms with Gasteiger partial charge in [-0.3, -0.25) is 9.69 Å². The summed E-state index contributed by atoms with van der Waals surface area (Å²) in [5, 5.41) is 0. The smallest absolute Gasteiger partial charge is 0.262 e. The topological polar surface area (TPSA) is 23.6 Å². The third-order valence-corrected chi connectivity index (χ3v) is 3.40. The maximum atomic E-state index is 12.3. The Morgan fingerprint density at radius 2 is 1.74 bits per heavy atom. The van der Waals surface area contributed by atoms with Crippen molar-refractivity contribution in [3.05, 3.63) is 11.6 Å². The SMILES string of the molecule is C#CC(=CC(C)C)C(=O)N1CCN(C(C)(C)C)CC1. The van der Waals surface area contributed by atoms with E-state index in [0.29, 0.717) is 11.5 Å². The van der Waals surface area contributed by atoms with Crippen LogP contribution in [0, 0.1) is 18.3 Å². The monoisotopic (exact) mass is 262 g/mol. The molecule has 1 saturated heterocycles. The normalized spacial score (nSPS) is 18.6. The van der Waals surface area contributed by atoms with Crippen LogP contribution in [0.4, 0.5) is 0 Å². The predicted molar refractivity (Wildman–Crippen MR) is 79.7 cm³/mol. The fraction of sp³-hybridized carbons (Fsp3) is 0.688. The number of allylic oxidation sites excluding steroid dienone is 1. The van der Waals surface area contributed by atoms with Crippen LogP contribution in [-0.2, 0) is 4.79 Å². The highest BCUT2D eigenvalue weighted by Gasteiger charge is 2.28. The number of carbonyl (C=O) groups is 1. The van der Waals surface area contributed by atoms with Gasteiger partial charge < -0.3 is 4.90 Å². The molecule has 1 fully saturated rings. The molecular formula is C16H26N2O. The van der Waals surface area contributed by atoms with Gasteiger partial charge in [0.25, 0.3) is 5.91 Å². The quantitative estimate of drug-likeness (QED) is 0.562. The molecule has 0 bridgehead atoms. The van der Waals surface area contributed by atoms with Crippen LogP contribution >= 0.6 is 0 Å². The van der Waals surface area contributed by atoms with Crippen molar-refractivity contribution in [3.63, 3.8) is 0 Å². The molecule has 0 unspecified atom stereocenters. The molecule has 3 heteroatoms. The Kier molecular flexibility index (Phi) is 5.20. The molecule has 0 atom stereocenters. The van der Waals surface area contributed by atoms with E-state index in [4.69, 9.17) is 6.42 Å². The first-order valence-electron chi connectivity index (χ1n) is 6.98. The van der Waals surface area contributed by atoms with Crippen molar-refractivity contribution in [2.75, 3.05) is 26.2 Å². The Hall–Kier alpha value is -1.27. The van der Waals surface area contributed by atoms with Crippen molar-refractivity contribution < 1.29 is 4.79 Å². The Balaban J connectivity index is 2.66. The molecule has 19 heavy (non-hydrogen) atoms. The van der Waals surface area contributed by atoms with Gasteiger partial charge in [0.1, 0.15) is 0 Å². The molecule has 1 aliphatic rings. The first-order chi connectivity index (χ1) is 8.75. The minimum atomic E-state index is 0.00441. The van der Waals surface area contributed by atoms with E-state index >= 15 is 0 Å². The van der Waals surface area contributed by atoms with Gasteiger partial charge in [-0.15, -0.1) is 6.42 Å². The summed E-state index contributed by atoms with van der Waals surface area (Å²) < 4.78 is 0. The summed E-state index contributed by atoms with van der Waals surface area (Å²) in [6.45, 7) is 14.0. The molecule has 1 aliphatic heterocycles. The lowest BCUT2D eigenvalue weighted by molar-refractivity contribution is -0.129. The van der Waals surface area contributed by atoms with E-state index in [9.17, 15) is 4.79 Å². The Labute approximate surface area is 117 Å². The number of piperazine rings is 1. The van der Waals surface area contributed by atoms with Crippen LogP contribution in [-0.4, -0.2) is 47.4 Å². The number of hydrogen-bond acceptors (Lipinski definition) is 2. The Morgan fingerprint density at radius 1 is 1.21 bits per heavy atom. The number of amides is 1. The first kappa shape index (κ1) is 15.8. The zero-order valence-corrected chi connectivity index (χ0v) is 12.9. The van der Waals surface area contributed by atoms with Crippen LogP contribution in [0.25, 0.3) is 0 Å². The summed E-state index contributed by atoms with van der Waals surface area (Å²) in [6, 6.07) is 0. The molecule has 1 rings (SSSR count). The Morgan fingerprint density at radius 3 is 2.11 bits per heavy atom. The summed E-state index contributed by atoms with van der Waals surface area (Å²) in [6.07, 6.45) is 7.32. The molecule has 0 aromatic heterocycles. The zero-order chi connectivity index (χ0) is 14.6. The second-order valence-electron chi connectivity index (χ2n) is 6.42. The average molecular weight is 262 g/mol. The molecule has 0 radical (unpaired) electrons. The van der Waals surface area contributed by atoms with Crippen LogP contribution in [0.2, 0.25) is 0 Å². The van der Waals surface area contributed by atoms with E-state index in [2.05, 4.69) is 31.6 Å². The second kappa shape index (κ2) is 6.25. The van der Waals surface area contributed by atoms with E-state index < -0.39 is 0 Å². The highest BCUT2D eigenvalue weighted by Crippen LogP contribution is 2.17. The fourth-order valence-corrected chi connectivity index (χ4v) is 2.27. The highest BCUT2D eigenvalue weighted by molar-refractivity contribution is 5.97. The van der Waals surface area contributed by atoms with Gasteiger partial charge >= 0.3 is 0 Å². The van der Waals surface area contributed by atoms with E-state index in [1.807, 2.05) is 24.8 Å². The van der Waals surface area contributed by atoms with Gasteiger partial charge in [0, 0.05) is 31.7 Å². The maximum absolute atomic E-state index is 12.3. The lowest BCUT2D eigenvalue weighted by Gasteiger charge is -2.42. The van der Waals surface area contributed by atoms with E-state index in [0.717, 1.165) is 26.2 Å². The van der Waals surface area contributed by atoms with Crippen LogP contribution in [0.3, 0.4) is 0 Å². The predicted octanol–water partition coefficient (Wildman–Crippen LogP) is 2.14. The summed E-state index contributed by atoms with van der Waals surface area (Å²) in [7, 11) is 0. The highest BCUT2D eigenvalue weighted by atomic mass is 16.2. The second-order valence-corrected chi connectivity index (χ2v) is 6.42. The molecule has 0 spiro atoms. The molecular weight excluding hydrogens is 236 g/mol. The number of hydrogen-bond donors (Lipinski definition) is 0. The first-order valence-corrected chi connectivity index (χ1v) is 6.98. The van der Waals surface area contributed by atoms with Gasteiger partial charge in [-0.05, 0) is 26.7 Å². The minimum absolute atomic E-state index is 0.00441. The fourth-order valence-electron chi connectivity index (χ4n) is 2.27. The van der Waals surface area contributed by atoms with Crippen molar-refractivity contribution in [1.29, 1.82) is 0 Å². The molecule has 0 N–H and O–H groups in total. The number of terminal acetylenes is 1. The van der Waals surface area contributed by atoms with Gasteiger partial charge in [-0.25, -0.2) is 0 Å². The van der Waals surface area contributed by atoms with Crippen molar-refractivity contribution in [2.45, 2.75) is 40.2 Å². The molecule has 0 saturated carbocycles.